The Morgan fingerprint density at radius 2 is 1.88 bits per heavy atom. The van der Waals surface area contributed by atoms with Gasteiger partial charge in [-0.2, -0.15) is 0 Å². The highest BCUT2D eigenvalue weighted by atomic mass is 79.9. The molecule has 2 heterocycles. The number of para-hydroxylation sites is 1. The molecule has 1 aliphatic heterocycles. The van der Waals surface area contributed by atoms with Gasteiger partial charge < -0.3 is 9.30 Å². The fourth-order valence-electron chi connectivity index (χ4n) is 4.38. The fourth-order valence-corrected chi connectivity index (χ4v) is 4.73. The van der Waals surface area contributed by atoms with Crippen molar-refractivity contribution in [2.75, 3.05) is 19.7 Å². The van der Waals surface area contributed by atoms with E-state index < -0.39 is 0 Å². The maximum atomic E-state index is 5.95. The molecule has 2 aromatic carbocycles. The largest absolute Gasteiger partial charge is 0.493 e. The van der Waals surface area contributed by atoms with Crippen molar-refractivity contribution in [2.24, 2.45) is 24.8 Å². The smallest absolute Gasteiger partial charge is 0.123 e. The number of nitrogens with zero attached hydrogens (tertiary/aromatic N) is 3. The molecule has 0 radical (unpaired) electrons. The minimum Gasteiger partial charge on any atom is -0.493 e. The number of ether oxygens (including phenoxy) is 1. The van der Waals surface area contributed by atoms with Crippen LogP contribution in [0.2, 0.25) is 0 Å². The van der Waals surface area contributed by atoms with Gasteiger partial charge in [0.15, 0.2) is 0 Å². The van der Waals surface area contributed by atoms with Gasteiger partial charge >= 0.3 is 0 Å². The summed E-state index contributed by atoms with van der Waals surface area (Å²) in [5.41, 5.74) is 2.26. The molecule has 0 bridgehead atoms. The molecular formula is C21H22BrN3O. The lowest BCUT2D eigenvalue weighted by Gasteiger charge is -2.19. The minimum absolute atomic E-state index is 0.725. The number of hydrogen-bond donors (Lipinski definition) is 0. The summed E-state index contributed by atoms with van der Waals surface area (Å²) in [4.78, 5) is 7.37. The first-order valence-corrected chi connectivity index (χ1v) is 9.99. The fraction of sp³-hybridized carbons (Fsp3) is 0.381. The lowest BCUT2D eigenvalue weighted by Crippen LogP contribution is -2.26. The second kappa shape index (κ2) is 6.39. The molecule has 3 atom stereocenters. The van der Waals surface area contributed by atoms with E-state index in [4.69, 9.17) is 9.72 Å². The molecule has 2 fully saturated rings. The molecule has 1 aromatic heterocycles. The number of imidazole rings is 1. The Bertz CT molecular complexity index is 927. The molecule has 0 amide bonds. The minimum atomic E-state index is 0.725. The molecule has 26 heavy (non-hydrogen) atoms. The third kappa shape index (κ3) is 2.93. The first kappa shape index (κ1) is 16.3. The molecule has 0 spiro atoms. The Hall–Kier alpha value is -1.85. The average Bonchev–Trinajstić information content (AvgIpc) is 2.97. The second-order valence-electron chi connectivity index (χ2n) is 7.53. The van der Waals surface area contributed by atoms with Crippen LogP contribution in [0.15, 0.2) is 53.0 Å². The first-order valence-electron chi connectivity index (χ1n) is 9.20. The van der Waals surface area contributed by atoms with Crippen molar-refractivity contribution < 1.29 is 4.74 Å². The molecule has 3 aromatic rings. The molecule has 0 unspecified atom stereocenters. The van der Waals surface area contributed by atoms with Crippen molar-refractivity contribution in [1.82, 2.24) is 14.5 Å². The molecule has 2 aliphatic rings. The maximum absolute atomic E-state index is 5.95. The molecule has 0 N–H and O–H groups in total. The summed E-state index contributed by atoms with van der Waals surface area (Å²) in [7, 11) is 2.12. The van der Waals surface area contributed by atoms with Crippen molar-refractivity contribution in [3.63, 3.8) is 0 Å². The van der Waals surface area contributed by atoms with Gasteiger partial charge in [-0.1, -0.05) is 34.1 Å². The standard InChI is InChI=1S/C21H22BrN3O/c1-24-20-9-14(22)7-8-19(20)23-21(24)12-25-10-16-17(11-25)18(16)13-26-15-5-3-2-4-6-15/h2-9,16-18H,10-13H2,1H3/t16-,17+,18+. The van der Waals surface area contributed by atoms with Crippen molar-refractivity contribution >= 4 is 27.0 Å². The van der Waals surface area contributed by atoms with E-state index in [1.807, 2.05) is 30.3 Å². The van der Waals surface area contributed by atoms with Crippen LogP contribution in [0.4, 0.5) is 0 Å². The summed E-state index contributed by atoms with van der Waals surface area (Å²) in [6.45, 7) is 4.12. The highest BCUT2D eigenvalue weighted by Gasteiger charge is 2.55. The highest BCUT2D eigenvalue weighted by Crippen LogP contribution is 2.52. The maximum Gasteiger partial charge on any atom is 0.123 e. The summed E-state index contributed by atoms with van der Waals surface area (Å²) < 4.78 is 9.27. The molecule has 134 valence electrons. The number of halogens is 1. The van der Waals surface area contributed by atoms with Crippen LogP contribution < -0.4 is 4.74 Å². The van der Waals surface area contributed by atoms with Crippen LogP contribution in [-0.2, 0) is 13.6 Å². The third-order valence-electron chi connectivity index (χ3n) is 5.93. The summed E-state index contributed by atoms with van der Waals surface area (Å²) >= 11 is 3.55. The van der Waals surface area contributed by atoms with Crippen LogP contribution >= 0.6 is 15.9 Å². The number of hydrogen-bond acceptors (Lipinski definition) is 3. The molecule has 5 heteroatoms. The quantitative estimate of drug-likeness (QED) is 0.633. The van der Waals surface area contributed by atoms with E-state index in [0.29, 0.717) is 0 Å². The van der Waals surface area contributed by atoms with E-state index in [0.717, 1.165) is 52.5 Å². The summed E-state index contributed by atoms with van der Waals surface area (Å²) in [5.74, 6) is 4.45. The van der Waals surface area contributed by atoms with E-state index in [1.165, 1.54) is 18.6 Å². The van der Waals surface area contributed by atoms with E-state index in [2.05, 4.69) is 50.6 Å². The van der Waals surface area contributed by atoms with Crippen LogP contribution in [0.1, 0.15) is 5.82 Å². The van der Waals surface area contributed by atoms with Crippen LogP contribution in [0.5, 0.6) is 5.75 Å². The number of aromatic nitrogens is 2. The van der Waals surface area contributed by atoms with Gasteiger partial charge in [0.1, 0.15) is 11.6 Å². The van der Waals surface area contributed by atoms with Crippen LogP contribution in [0, 0.1) is 17.8 Å². The zero-order valence-electron chi connectivity index (χ0n) is 14.8. The Labute approximate surface area is 161 Å². The molecule has 1 saturated heterocycles. The predicted molar refractivity (Wildman–Crippen MR) is 106 cm³/mol. The molecule has 1 saturated carbocycles. The monoisotopic (exact) mass is 411 g/mol. The lowest BCUT2D eigenvalue weighted by molar-refractivity contribution is 0.226. The number of benzene rings is 2. The van der Waals surface area contributed by atoms with Crippen molar-refractivity contribution in [3.05, 3.63) is 58.8 Å². The van der Waals surface area contributed by atoms with Gasteiger partial charge in [-0.25, -0.2) is 4.98 Å². The van der Waals surface area contributed by atoms with E-state index in [9.17, 15) is 0 Å². The average molecular weight is 412 g/mol. The molecule has 4 nitrogen and oxygen atoms in total. The van der Waals surface area contributed by atoms with Gasteiger partial charge in [-0.3, -0.25) is 4.90 Å². The van der Waals surface area contributed by atoms with E-state index >= 15 is 0 Å². The normalized spacial score (nSPS) is 24.8. The van der Waals surface area contributed by atoms with Gasteiger partial charge in [0.05, 0.1) is 24.2 Å². The van der Waals surface area contributed by atoms with Gasteiger partial charge in [0.2, 0.25) is 0 Å². The third-order valence-corrected chi connectivity index (χ3v) is 6.43. The van der Waals surface area contributed by atoms with Gasteiger partial charge in [0.25, 0.3) is 0 Å². The molecule has 5 rings (SSSR count). The zero-order valence-corrected chi connectivity index (χ0v) is 16.4. The Morgan fingerprint density at radius 1 is 1.12 bits per heavy atom. The summed E-state index contributed by atoms with van der Waals surface area (Å²) in [6.07, 6.45) is 0. The topological polar surface area (TPSA) is 30.3 Å². The summed E-state index contributed by atoms with van der Waals surface area (Å²) in [6, 6.07) is 16.4. The van der Waals surface area contributed by atoms with Crippen molar-refractivity contribution in [3.8, 4) is 5.75 Å². The predicted octanol–water partition coefficient (Wildman–Crippen LogP) is 4.09. The highest BCUT2D eigenvalue weighted by molar-refractivity contribution is 9.10. The van der Waals surface area contributed by atoms with E-state index in [1.54, 1.807) is 0 Å². The number of fused-ring (bicyclic) bond motifs is 2. The van der Waals surface area contributed by atoms with E-state index in [-0.39, 0.29) is 0 Å². The Balaban J connectivity index is 1.19. The first-order chi connectivity index (χ1) is 12.7. The lowest BCUT2D eigenvalue weighted by atomic mass is 10.2. The van der Waals surface area contributed by atoms with Crippen LogP contribution in [-0.4, -0.2) is 34.1 Å². The van der Waals surface area contributed by atoms with Gasteiger partial charge in [-0.05, 0) is 42.2 Å². The second-order valence-corrected chi connectivity index (χ2v) is 8.45. The SMILES string of the molecule is Cn1c(CN2C[C@@H]3[C@@H](COc4ccccc4)[C@@H]3C2)nc2ccc(Br)cc21. The molecular weight excluding hydrogens is 390 g/mol. The Morgan fingerprint density at radius 3 is 2.65 bits per heavy atom. The number of piperidine rings is 1. The molecule has 1 aliphatic carbocycles. The number of aryl methyl sites for hydroxylation is 1. The summed E-state index contributed by atoms with van der Waals surface area (Å²) in [5, 5.41) is 0. The van der Waals surface area contributed by atoms with Crippen molar-refractivity contribution in [2.45, 2.75) is 6.54 Å². The van der Waals surface area contributed by atoms with Crippen LogP contribution in [0.25, 0.3) is 11.0 Å². The van der Waals surface area contributed by atoms with Gasteiger partial charge in [0, 0.05) is 30.5 Å². The van der Waals surface area contributed by atoms with Gasteiger partial charge in [-0.15, -0.1) is 0 Å². The van der Waals surface area contributed by atoms with Crippen molar-refractivity contribution in [1.29, 1.82) is 0 Å². The number of rotatable bonds is 5. The Kier molecular flexibility index (Phi) is 4.02. The van der Waals surface area contributed by atoms with Crippen LogP contribution in [0.3, 0.4) is 0 Å². The zero-order chi connectivity index (χ0) is 17.7. The number of likely N-dealkylation sites (tertiary alicyclic amines) is 1.